The zero-order valence-electron chi connectivity index (χ0n) is 11.2. The molecule has 23 heavy (non-hydrogen) atoms. The molecule has 0 aliphatic carbocycles. The summed E-state index contributed by atoms with van der Waals surface area (Å²) in [6.45, 7) is 0. The van der Waals surface area contributed by atoms with Crippen LogP contribution < -0.4 is 9.05 Å². The standard InChI is InChI=1S/C12H9N2O6PS2/c15-13(16)9-1-5-11(6-2-9)19-21(22,23)20-12-7-3-10(4-8-12)14(17)18/h1-8H,(H,22,23)/p-1. The Morgan fingerprint density at radius 3 is 1.39 bits per heavy atom. The van der Waals surface area contributed by atoms with Gasteiger partial charge in [-0.25, -0.2) is 0 Å². The zero-order chi connectivity index (χ0) is 17.0. The predicted octanol–water partition coefficient (Wildman–Crippen LogP) is 3.73. The highest BCUT2D eigenvalue weighted by atomic mass is 32.9. The molecule has 0 amide bonds. The van der Waals surface area contributed by atoms with Crippen molar-refractivity contribution in [1.29, 1.82) is 0 Å². The van der Waals surface area contributed by atoms with Gasteiger partial charge in [-0.2, -0.15) is 0 Å². The Hall–Kier alpha value is -2.16. The molecular formula is C12H8N2O6PS2-. The Balaban J connectivity index is 2.07. The van der Waals surface area contributed by atoms with Crippen LogP contribution >= 0.6 is 5.69 Å². The number of benzene rings is 2. The predicted molar refractivity (Wildman–Crippen MR) is 89.1 cm³/mol. The van der Waals surface area contributed by atoms with E-state index >= 15 is 0 Å². The molecule has 11 heteroatoms. The van der Waals surface area contributed by atoms with Crippen LogP contribution in [0.15, 0.2) is 48.5 Å². The molecule has 2 aromatic carbocycles. The van der Waals surface area contributed by atoms with Gasteiger partial charge in [0.05, 0.1) is 9.85 Å². The first-order valence-electron chi connectivity index (χ1n) is 5.96. The average Bonchev–Trinajstić information content (AvgIpc) is 2.47. The number of hydrogen-bond donors (Lipinski definition) is 0. The summed E-state index contributed by atoms with van der Waals surface area (Å²) in [4.78, 5) is 20.1. The highest BCUT2D eigenvalue weighted by Gasteiger charge is 2.11. The van der Waals surface area contributed by atoms with Gasteiger partial charge in [-0.3, -0.25) is 20.2 Å². The van der Waals surface area contributed by atoms with Crippen LogP contribution in [0.3, 0.4) is 0 Å². The van der Waals surface area contributed by atoms with Crippen molar-refractivity contribution in [2.75, 3.05) is 0 Å². The summed E-state index contributed by atoms with van der Waals surface area (Å²) in [7, 11) is 0. The Labute approximate surface area is 140 Å². The summed E-state index contributed by atoms with van der Waals surface area (Å²) in [5.74, 6) is 0.492. The molecule has 0 spiro atoms. The summed E-state index contributed by atoms with van der Waals surface area (Å²) in [6.07, 6.45) is 0. The van der Waals surface area contributed by atoms with Gasteiger partial charge in [0.15, 0.2) is 5.69 Å². The first-order chi connectivity index (χ1) is 10.8. The van der Waals surface area contributed by atoms with Crippen molar-refractivity contribution in [3.63, 3.8) is 0 Å². The fraction of sp³-hybridized carbons (Fsp3) is 0. The van der Waals surface area contributed by atoms with E-state index in [4.69, 9.17) is 33.1 Å². The summed E-state index contributed by atoms with van der Waals surface area (Å²) in [5, 5.41) is 21.1. The van der Waals surface area contributed by atoms with Crippen molar-refractivity contribution in [1.82, 2.24) is 0 Å². The zero-order valence-corrected chi connectivity index (χ0v) is 13.8. The highest BCUT2D eigenvalue weighted by molar-refractivity contribution is 8.51. The molecule has 0 unspecified atom stereocenters. The fourth-order valence-corrected chi connectivity index (χ4v) is 3.36. The summed E-state index contributed by atoms with van der Waals surface area (Å²) in [6, 6.07) is 10.5. The Morgan fingerprint density at radius 2 is 1.13 bits per heavy atom. The van der Waals surface area contributed by atoms with Crippen molar-refractivity contribution >= 4 is 41.1 Å². The Morgan fingerprint density at radius 1 is 0.826 bits per heavy atom. The third-order valence-corrected chi connectivity index (χ3v) is 4.29. The molecule has 2 rings (SSSR count). The van der Waals surface area contributed by atoms with Gasteiger partial charge in [-0.1, -0.05) is 0 Å². The van der Waals surface area contributed by atoms with Gasteiger partial charge in [0.1, 0.15) is 11.5 Å². The number of rotatable bonds is 6. The lowest BCUT2D eigenvalue weighted by molar-refractivity contribution is -0.385. The molecule has 0 radical (unpaired) electrons. The van der Waals surface area contributed by atoms with Crippen LogP contribution in [0.4, 0.5) is 11.4 Å². The smallest absolute Gasteiger partial charge is 0.269 e. The quantitative estimate of drug-likeness (QED) is 0.327. The van der Waals surface area contributed by atoms with Crippen molar-refractivity contribution in [3.05, 3.63) is 68.8 Å². The van der Waals surface area contributed by atoms with Crippen LogP contribution in [0.25, 0.3) is 0 Å². The molecule has 8 nitrogen and oxygen atoms in total. The van der Waals surface area contributed by atoms with E-state index in [1.165, 1.54) is 48.5 Å². The third-order valence-electron chi connectivity index (χ3n) is 2.53. The van der Waals surface area contributed by atoms with Crippen LogP contribution in [-0.4, -0.2) is 9.85 Å². The van der Waals surface area contributed by atoms with E-state index in [9.17, 15) is 20.2 Å². The summed E-state index contributed by atoms with van der Waals surface area (Å²) in [5.41, 5.74) is -3.32. The minimum atomic E-state index is -3.14. The van der Waals surface area contributed by atoms with E-state index in [0.29, 0.717) is 0 Å². The van der Waals surface area contributed by atoms with Crippen molar-refractivity contribution in [2.45, 2.75) is 0 Å². The second-order valence-corrected chi connectivity index (χ2v) is 8.97. The Kier molecular flexibility index (Phi) is 5.19. The lowest BCUT2D eigenvalue weighted by Gasteiger charge is -2.29. The van der Waals surface area contributed by atoms with E-state index < -0.39 is 15.5 Å². The van der Waals surface area contributed by atoms with Gasteiger partial charge >= 0.3 is 0 Å². The third kappa shape index (κ3) is 4.92. The maximum absolute atomic E-state index is 10.6. The largest absolute Gasteiger partial charge is 0.665 e. The van der Waals surface area contributed by atoms with Crippen molar-refractivity contribution < 1.29 is 18.9 Å². The van der Waals surface area contributed by atoms with Gasteiger partial charge in [-0.15, -0.1) is 0 Å². The normalized spacial score (nSPS) is 10.8. The van der Waals surface area contributed by atoms with Crippen LogP contribution in [0.1, 0.15) is 0 Å². The number of nitrogens with zero attached hydrogens (tertiary/aromatic N) is 2. The molecule has 2 aromatic rings. The van der Waals surface area contributed by atoms with Crippen LogP contribution in [0, 0.1) is 20.2 Å². The number of non-ortho nitro benzene ring substituents is 2. The van der Waals surface area contributed by atoms with Crippen molar-refractivity contribution in [3.8, 4) is 11.5 Å². The maximum atomic E-state index is 10.6. The lowest BCUT2D eigenvalue weighted by Crippen LogP contribution is -1.98. The maximum Gasteiger partial charge on any atom is 0.269 e. The molecule has 0 N–H and O–H groups in total. The molecule has 0 aliphatic rings. The van der Waals surface area contributed by atoms with E-state index in [1.807, 2.05) is 0 Å². The topological polar surface area (TPSA) is 105 Å². The van der Waals surface area contributed by atoms with E-state index in [1.54, 1.807) is 0 Å². The summed E-state index contributed by atoms with van der Waals surface area (Å²) >= 11 is 10.2. The number of nitro groups is 2. The molecule has 0 bridgehead atoms. The first-order valence-corrected chi connectivity index (χ1v) is 9.61. The average molecular weight is 371 g/mol. The van der Waals surface area contributed by atoms with Crippen LogP contribution in [0.2, 0.25) is 0 Å². The van der Waals surface area contributed by atoms with Gasteiger partial charge in [-0.05, 0) is 36.1 Å². The van der Waals surface area contributed by atoms with Crippen molar-refractivity contribution in [2.24, 2.45) is 0 Å². The Bertz CT molecular complexity index is 718. The fourth-order valence-electron chi connectivity index (χ4n) is 1.53. The van der Waals surface area contributed by atoms with E-state index in [2.05, 4.69) is 0 Å². The molecule has 120 valence electrons. The molecular weight excluding hydrogens is 363 g/mol. The molecule has 0 aromatic heterocycles. The second kappa shape index (κ2) is 6.95. The van der Waals surface area contributed by atoms with Crippen LogP contribution in [-0.2, 0) is 24.1 Å². The second-order valence-electron chi connectivity index (χ2n) is 4.13. The molecule has 0 saturated heterocycles. The number of hydrogen-bond acceptors (Lipinski definition) is 8. The molecule has 0 aliphatic heterocycles. The molecule has 0 atom stereocenters. The van der Waals surface area contributed by atoms with Crippen LogP contribution in [0.5, 0.6) is 11.5 Å². The highest BCUT2D eigenvalue weighted by Crippen LogP contribution is 2.46. The minimum Gasteiger partial charge on any atom is -0.665 e. The van der Waals surface area contributed by atoms with Gasteiger partial charge in [0.2, 0.25) is 0 Å². The first kappa shape index (κ1) is 17.2. The monoisotopic (exact) mass is 371 g/mol. The molecule has 0 heterocycles. The molecule has 0 saturated carbocycles. The van der Waals surface area contributed by atoms with Gasteiger partial charge in [0, 0.05) is 24.3 Å². The lowest BCUT2D eigenvalue weighted by atomic mass is 10.3. The van der Waals surface area contributed by atoms with Gasteiger partial charge < -0.3 is 21.3 Å². The van der Waals surface area contributed by atoms with E-state index in [-0.39, 0.29) is 22.9 Å². The number of nitro benzene ring substituents is 2. The summed E-state index contributed by atoms with van der Waals surface area (Å²) < 4.78 is 10.8. The SMILES string of the molecule is O=[N+]([O-])c1ccc(OP(=S)([S-])Oc2ccc([N+](=O)[O-])cc2)cc1. The van der Waals surface area contributed by atoms with Gasteiger partial charge in [0.25, 0.3) is 11.4 Å². The molecule has 0 fully saturated rings. The van der Waals surface area contributed by atoms with E-state index in [0.717, 1.165) is 0 Å². The minimum absolute atomic E-state index is 0.0914.